The number of oxime groups is 1. The van der Waals surface area contributed by atoms with Gasteiger partial charge in [-0.15, -0.1) is 0 Å². The van der Waals surface area contributed by atoms with E-state index in [-0.39, 0.29) is 11.0 Å². The molecule has 0 aromatic carbocycles. The minimum Gasteiger partial charge on any atom is -0.411 e. The molecule has 0 bridgehead atoms. The van der Waals surface area contributed by atoms with Gasteiger partial charge in [-0.25, -0.2) is 0 Å². The second kappa shape index (κ2) is 13.0. The fourth-order valence-electron chi connectivity index (χ4n) is 0.256. The van der Waals surface area contributed by atoms with E-state index in [4.69, 9.17) is 5.21 Å². The lowest BCUT2D eigenvalue weighted by Gasteiger charge is -1.90. The lowest BCUT2D eigenvalue weighted by molar-refractivity contribution is 0.318. The monoisotopic (exact) mass is 190 g/mol. The van der Waals surface area contributed by atoms with Crippen molar-refractivity contribution in [2.75, 3.05) is 21.1 Å². The maximum absolute atomic E-state index is 8.04. The molecule has 0 aliphatic heterocycles. The summed E-state index contributed by atoms with van der Waals surface area (Å²) in [5.74, 6) is 0. The Labute approximate surface area is 79.8 Å². The van der Waals surface area contributed by atoms with Crippen LogP contribution in [0.4, 0.5) is 0 Å². The SMILES string of the molecule is C=CC(CC)=NO.CN(C)C.[SiH4]. The first-order chi connectivity index (χ1) is 5.08. The molecule has 0 fully saturated rings. The standard InChI is InChI=1S/C5H9NO.C3H9N.H4Si/c1-3-5(4-2)6-7;1-4(2)3;/h3,7H,1,4H2,2H3;1-3H3;1H4. The largest absolute Gasteiger partial charge is 0.411 e. The fourth-order valence-corrected chi connectivity index (χ4v) is 0.256. The van der Waals surface area contributed by atoms with Crippen molar-refractivity contribution in [3.8, 4) is 0 Å². The van der Waals surface area contributed by atoms with Gasteiger partial charge in [-0.3, -0.25) is 0 Å². The van der Waals surface area contributed by atoms with E-state index in [9.17, 15) is 0 Å². The van der Waals surface area contributed by atoms with Gasteiger partial charge in [-0.1, -0.05) is 18.7 Å². The number of allylic oxidation sites excluding steroid dienone is 1. The summed E-state index contributed by atoms with van der Waals surface area (Å²) in [5.41, 5.74) is 0.625. The molecule has 0 heterocycles. The molecule has 0 aliphatic rings. The molecule has 0 unspecified atom stereocenters. The van der Waals surface area contributed by atoms with E-state index in [0.29, 0.717) is 5.71 Å². The van der Waals surface area contributed by atoms with E-state index in [1.165, 1.54) is 6.08 Å². The second-order valence-electron chi connectivity index (χ2n) is 2.49. The third kappa shape index (κ3) is 22.8. The number of rotatable bonds is 2. The van der Waals surface area contributed by atoms with Crippen molar-refractivity contribution in [2.45, 2.75) is 13.3 Å². The number of hydrogen-bond acceptors (Lipinski definition) is 3. The average molecular weight is 190 g/mol. The second-order valence-corrected chi connectivity index (χ2v) is 2.49. The molecule has 0 saturated heterocycles. The van der Waals surface area contributed by atoms with Gasteiger partial charge in [0.2, 0.25) is 0 Å². The zero-order valence-electron chi connectivity index (χ0n) is 7.83. The summed E-state index contributed by atoms with van der Waals surface area (Å²) < 4.78 is 0. The molecular weight excluding hydrogens is 168 g/mol. The molecule has 0 aromatic heterocycles. The van der Waals surface area contributed by atoms with Crippen molar-refractivity contribution in [1.29, 1.82) is 0 Å². The van der Waals surface area contributed by atoms with Crippen molar-refractivity contribution < 1.29 is 5.21 Å². The summed E-state index contributed by atoms with van der Waals surface area (Å²) in [5, 5.41) is 11.0. The summed E-state index contributed by atoms with van der Waals surface area (Å²) in [6.07, 6.45) is 2.26. The van der Waals surface area contributed by atoms with Crippen LogP contribution in [0.15, 0.2) is 17.8 Å². The highest BCUT2D eigenvalue weighted by molar-refractivity contribution is 5.93. The molecule has 74 valence electrons. The van der Waals surface area contributed by atoms with Gasteiger partial charge in [0.15, 0.2) is 0 Å². The molecule has 3 nitrogen and oxygen atoms in total. The van der Waals surface area contributed by atoms with Crippen LogP contribution in [-0.2, 0) is 0 Å². The maximum Gasteiger partial charge on any atom is 0.0787 e. The summed E-state index contributed by atoms with van der Waals surface area (Å²) in [6, 6.07) is 0. The van der Waals surface area contributed by atoms with Crippen molar-refractivity contribution >= 4 is 16.7 Å². The van der Waals surface area contributed by atoms with Crippen LogP contribution in [0.3, 0.4) is 0 Å². The lowest BCUT2D eigenvalue weighted by atomic mass is 10.3. The first kappa shape index (κ1) is 17.5. The van der Waals surface area contributed by atoms with Crippen LogP contribution in [-0.4, -0.2) is 47.9 Å². The highest BCUT2D eigenvalue weighted by Crippen LogP contribution is 1.82. The first-order valence-corrected chi connectivity index (χ1v) is 3.52. The summed E-state index contributed by atoms with van der Waals surface area (Å²) >= 11 is 0. The molecule has 12 heavy (non-hydrogen) atoms. The maximum atomic E-state index is 8.04. The highest BCUT2D eigenvalue weighted by atomic mass is 28.1. The van der Waals surface area contributed by atoms with E-state index < -0.39 is 0 Å². The van der Waals surface area contributed by atoms with Crippen molar-refractivity contribution in [2.24, 2.45) is 5.16 Å². The lowest BCUT2D eigenvalue weighted by Crippen LogP contribution is -1.99. The zero-order chi connectivity index (χ0) is 9.28. The van der Waals surface area contributed by atoms with Gasteiger partial charge in [0, 0.05) is 0 Å². The Morgan fingerprint density at radius 1 is 1.50 bits per heavy atom. The summed E-state index contributed by atoms with van der Waals surface area (Å²) in [6.45, 7) is 5.31. The predicted octanol–water partition coefficient (Wildman–Crippen LogP) is 0.139. The Morgan fingerprint density at radius 3 is 1.83 bits per heavy atom. The van der Waals surface area contributed by atoms with E-state index in [1.54, 1.807) is 0 Å². The Bertz CT molecular complexity index is 121. The quantitative estimate of drug-likeness (QED) is 0.291. The topological polar surface area (TPSA) is 35.8 Å². The number of hydrogen-bond donors (Lipinski definition) is 1. The van der Waals surface area contributed by atoms with Gasteiger partial charge in [0.25, 0.3) is 0 Å². The summed E-state index contributed by atoms with van der Waals surface area (Å²) in [4.78, 5) is 2.00. The Hall–Kier alpha value is -0.613. The molecule has 0 spiro atoms. The molecule has 0 atom stereocenters. The van der Waals surface area contributed by atoms with Gasteiger partial charge in [-0.05, 0) is 44.6 Å². The van der Waals surface area contributed by atoms with Crippen LogP contribution < -0.4 is 0 Å². The highest BCUT2D eigenvalue weighted by Gasteiger charge is 1.82. The van der Waals surface area contributed by atoms with Crippen molar-refractivity contribution in [3.63, 3.8) is 0 Å². The molecule has 0 aromatic rings. The summed E-state index contributed by atoms with van der Waals surface area (Å²) in [7, 11) is 6.00. The molecular formula is C8H22N2OSi. The Morgan fingerprint density at radius 2 is 1.83 bits per heavy atom. The van der Waals surface area contributed by atoms with Crippen molar-refractivity contribution in [3.05, 3.63) is 12.7 Å². The van der Waals surface area contributed by atoms with Crippen LogP contribution >= 0.6 is 0 Å². The first-order valence-electron chi connectivity index (χ1n) is 3.52. The minimum atomic E-state index is 0. The van der Waals surface area contributed by atoms with Gasteiger partial charge in [-0.2, -0.15) is 0 Å². The average Bonchev–Trinajstić information content (AvgIpc) is 1.90. The van der Waals surface area contributed by atoms with Gasteiger partial charge >= 0.3 is 0 Å². The van der Waals surface area contributed by atoms with Crippen LogP contribution in [0, 0.1) is 0 Å². The third-order valence-corrected chi connectivity index (χ3v) is 0.726. The molecule has 0 amide bonds. The van der Waals surface area contributed by atoms with E-state index in [2.05, 4.69) is 11.7 Å². The zero-order valence-corrected chi connectivity index (χ0v) is 7.83. The third-order valence-electron chi connectivity index (χ3n) is 0.726. The van der Waals surface area contributed by atoms with Crippen LogP contribution in [0.1, 0.15) is 13.3 Å². The van der Waals surface area contributed by atoms with E-state index >= 15 is 0 Å². The smallest absolute Gasteiger partial charge is 0.0787 e. The molecule has 0 saturated carbocycles. The van der Waals surface area contributed by atoms with Gasteiger partial charge in [0.1, 0.15) is 0 Å². The van der Waals surface area contributed by atoms with Crippen LogP contribution in [0.25, 0.3) is 0 Å². The van der Waals surface area contributed by atoms with Crippen molar-refractivity contribution in [1.82, 2.24) is 4.90 Å². The number of nitrogens with zero attached hydrogens (tertiary/aromatic N) is 2. The molecule has 4 heteroatoms. The van der Waals surface area contributed by atoms with Gasteiger partial charge < -0.3 is 10.1 Å². The molecule has 0 radical (unpaired) electrons. The molecule has 0 aliphatic carbocycles. The Kier molecular flexibility index (Phi) is 18.9. The molecule has 1 N–H and O–H groups in total. The van der Waals surface area contributed by atoms with E-state index in [0.717, 1.165) is 6.42 Å². The van der Waals surface area contributed by atoms with Gasteiger partial charge in [0.05, 0.1) is 5.71 Å². The van der Waals surface area contributed by atoms with E-state index in [1.807, 2.05) is 33.0 Å². The predicted molar refractivity (Wildman–Crippen MR) is 60.7 cm³/mol. The normalized spacial score (nSPS) is 9.58. The van der Waals surface area contributed by atoms with Crippen LogP contribution in [0.2, 0.25) is 0 Å². The Balaban J connectivity index is -0.000000142. The molecule has 0 rings (SSSR count). The minimum absolute atomic E-state index is 0. The fraction of sp³-hybridized carbons (Fsp3) is 0.625. The van der Waals surface area contributed by atoms with Crippen LogP contribution in [0.5, 0.6) is 0 Å².